The van der Waals surface area contributed by atoms with Gasteiger partial charge >= 0.3 is 0 Å². The van der Waals surface area contributed by atoms with Crippen molar-refractivity contribution in [2.75, 3.05) is 11.9 Å². The molecule has 0 bridgehead atoms. The molecule has 4 heteroatoms. The van der Waals surface area contributed by atoms with Crippen LogP contribution in [0.15, 0.2) is 48.5 Å². The smallest absolute Gasteiger partial charge is 0.259 e. The molecule has 0 aliphatic carbocycles. The van der Waals surface area contributed by atoms with Gasteiger partial charge in [0.25, 0.3) is 5.91 Å². The van der Waals surface area contributed by atoms with E-state index in [9.17, 15) is 9.90 Å². The molecular weight excluding hydrogens is 266 g/mol. The van der Waals surface area contributed by atoms with Crippen LogP contribution in [0.2, 0.25) is 0 Å². The average molecular weight is 281 g/mol. The Balaban J connectivity index is 2.23. The molecule has 0 unspecified atom stereocenters. The van der Waals surface area contributed by atoms with Crippen LogP contribution in [0.5, 0.6) is 5.75 Å². The van der Waals surface area contributed by atoms with E-state index in [0.717, 1.165) is 0 Å². The van der Waals surface area contributed by atoms with Crippen LogP contribution < -0.4 is 5.32 Å². The summed E-state index contributed by atoms with van der Waals surface area (Å²) in [6, 6.07) is 13.5. The second-order valence-corrected chi connectivity index (χ2v) is 4.29. The third-order valence-electron chi connectivity index (χ3n) is 2.78. The number of amides is 1. The lowest BCUT2D eigenvalue weighted by molar-refractivity contribution is 0.102. The molecule has 1 amide bonds. The predicted molar refractivity (Wildman–Crippen MR) is 81.1 cm³/mol. The van der Waals surface area contributed by atoms with Crippen molar-refractivity contribution in [3.8, 4) is 17.6 Å². The number of aliphatic hydroxyl groups excluding tert-OH is 1. The predicted octanol–water partition coefficient (Wildman–Crippen LogP) is 2.38. The number of nitrogens with one attached hydrogen (secondary N) is 1. The van der Waals surface area contributed by atoms with Gasteiger partial charge in [0.2, 0.25) is 0 Å². The molecule has 4 nitrogen and oxygen atoms in total. The van der Waals surface area contributed by atoms with E-state index in [-0.39, 0.29) is 17.9 Å². The van der Waals surface area contributed by atoms with Crippen LogP contribution in [0.3, 0.4) is 0 Å². The summed E-state index contributed by atoms with van der Waals surface area (Å²) in [5, 5.41) is 21.2. The summed E-state index contributed by atoms with van der Waals surface area (Å²) in [7, 11) is 0. The molecule has 0 saturated heterocycles. The van der Waals surface area contributed by atoms with Gasteiger partial charge < -0.3 is 15.5 Å². The Morgan fingerprint density at radius 2 is 1.81 bits per heavy atom. The van der Waals surface area contributed by atoms with Gasteiger partial charge in [-0.15, -0.1) is 0 Å². The van der Waals surface area contributed by atoms with Crippen molar-refractivity contribution in [2.45, 2.75) is 6.42 Å². The minimum absolute atomic E-state index is 0.000582. The highest BCUT2D eigenvalue weighted by molar-refractivity contribution is 6.06. The molecule has 0 heterocycles. The van der Waals surface area contributed by atoms with E-state index in [1.165, 1.54) is 6.07 Å². The third-order valence-corrected chi connectivity index (χ3v) is 2.78. The number of phenolic OH excluding ortho intramolecular Hbond substituents is 1. The molecule has 2 aromatic rings. The van der Waals surface area contributed by atoms with Gasteiger partial charge in [0, 0.05) is 12.0 Å². The molecule has 106 valence electrons. The average Bonchev–Trinajstić information content (AvgIpc) is 2.49. The lowest BCUT2D eigenvalue weighted by Gasteiger charge is -2.08. The summed E-state index contributed by atoms with van der Waals surface area (Å²) in [6.45, 7) is -0.000582. The molecule has 0 radical (unpaired) electrons. The zero-order valence-corrected chi connectivity index (χ0v) is 11.3. The van der Waals surface area contributed by atoms with Crippen LogP contribution in [0, 0.1) is 11.8 Å². The quantitative estimate of drug-likeness (QED) is 0.757. The number of hydrogen-bond acceptors (Lipinski definition) is 3. The number of anilines is 1. The lowest BCUT2D eigenvalue weighted by Crippen LogP contribution is -2.12. The Morgan fingerprint density at radius 1 is 1.10 bits per heavy atom. The number of aliphatic hydroxyl groups is 1. The van der Waals surface area contributed by atoms with E-state index in [4.69, 9.17) is 5.11 Å². The van der Waals surface area contributed by atoms with E-state index >= 15 is 0 Å². The van der Waals surface area contributed by atoms with Crippen molar-refractivity contribution < 1.29 is 15.0 Å². The van der Waals surface area contributed by atoms with Gasteiger partial charge in [0.05, 0.1) is 17.9 Å². The first-order chi connectivity index (χ1) is 10.2. The second kappa shape index (κ2) is 7.13. The number of aromatic hydroxyl groups is 1. The fourth-order valence-electron chi connectivity index (χ4n) is 1.77. The molecule has 2 aromatic carbocycles. The standard InChI is InChI=1S/C17H15NO3/c19-12-6-5-8-13-7-1-3-10-15(13)18-17(21)14-9-2-4-11-16(14)20/h1-4,7,9-11,19-20H,6,12H2,(H,18,21). The molecule has 0 aliphatic rings. The van der Waals surface area contributed by atoms with Crippen molar-refractivity contribution in [3.63, 3.8) is 0 Å². The monoisotopic (exact) mass is 281 g/mol. The van der Waals surface area contributed by atoms with Crippen LogP contribution >= 0.6 is 0 Å². The van der Waals surface area contributed by atoms with Gasteiger partial charge in [-0.1, -0.05) is 36.1 Å². The van der Waals surface area contributed by atoms with Crippen molar-refractivity contribution in [1.29, 1.82) is 0 Å². The number of phenols is 1. The molecule has 0 saturated carbocycles. The zero-order chi connectivity index (χ0) is 15.1. The molecule has 2 rings (SSSR count). The Morgan fingerprint density at radius 3 is 2.57 bits per heavy atom. The first-order valence-corrected chi connectivity index (χ1v) is 6.50. The number of benzene rings is 2. The summed E-state index contributed by atoms with van der Waals surface area (Å²) >= 11 is 0. The molecule has 0 aliphatic heterocycles. The maximum absolute atomic E-state index is 12.2. The van der Waals surface area contributed by atoms with Crippen LogP contribution in [0.4, 0.5) is 5.69 Å². The fourth-order valence-corrected chi connectivity index (χ4v) is 1.77. The number of para-hydroxylation sites is 2. The fraction of sp³-hybridized carbons (Fsp3) is 0.118. The summed E-state index contributed by atoms with van der Waals surface area (Å²) in [6.07, 6.45) is 0.377. The number of carbonyl (C=O) groups is 1. The first-order valence-electron chi connectivity index (χ1n) is 6.50. The van der Waals surface area contributed by atoms with Gasteiger partial charge in [-0.2, -0.15) is 0 Å². The number of carbonyl (C=O) groups excluding carboxylic acids is 1. The Hall–Kier alpha value is -2.77. The van der Waals surface area contributed by atoms with E-state index in [0.29, 0.717) is 17.7 Å². The summed E-state index contributed by atoms with van der Waals surface area (Å²) in [5.41, 5.74) is 1.43. The van der Waals surface area contributed by atoms with E-state index in [1.54, 1.807) is 36.4 Å². The molecule has 3 N–H and O–H groups in total. The second-order valence-electron chi connectivity index (χ2n) is 4.29. The highest BCUT2D eigenvalue weighted by Crippen LogP contribution is 2.19. The SMILES string of the molecule is O=C(Nc1ccccc1C#CCCO)c1ccccc1O. The van der Waals surface area contributed by atoms with E-state index in [2.05, 4.69) is 17.2 Å². The summed E-state index contributed by atoms with van der Waals surface area (Å²) < 4.78 is 0. The van der Waals surface area contributed by atoms with Crippen molar-refractivity contribution in [2.24, 2.45) is 0 Å². The highest BCUT2D eigenvalue weighted by atomic mass is 16.3. The molecule has 0 spiro atoms. The lowest BCUT2D eigenvalue weighted by atomic mass is 10.1. The molecule has 0 atom stereocenters. The van der Waals surface area contributed by atoms with Gasteiger partial charge in [-0.3, -0.25) is 4.79 Å². The topological polar surface area (TPSA) is 69.6 Å². The maximum Gasteiger partial charge on any atom is 0.259 e. The Labute approximate surface area is 123 Å². The molecule has 21 heavy (non-hydrogen) atoms. The van der Waals surface area contributed by atoms with E-state index in [1.807, 2.05) is 6.07 Å². The summed E-state index contributed by atoms with van der Waals surface area (Å²) in [4.78, 5) is 12.2. The normalized spacial score (nSPS) is 9.57. The van der Waals surface area contributed by atoms with Crippen molar-refractivity contribution in [3.05, 3.63) is 59.7 Å². The van der Waals surface area contributed by atoms with Crippen molar-refractivity contribution in [1.82, 2.24) is 0 Å². The molecule has 0 aromatic heterocycles. The maximum atomic E-state index is 12.2. The largest absolute Gasteiger partial charge is 0.507 e. The van der Waals surface area contributed by atoms with E-state index < -0.39 is 5.91 Å². The highest BCUT2D eigenvalue weighted by Gasteiger charge is 2.11. The van der Waals surface area contributed by atoms with Crippen LogP contribution in [0.1, 0.15) is 22.3 Å². The molecular formula is C17H15NO3. The Bertz CT molecular complexity index is 698. The molecule has 0 fully saturated rings. The zero-order valence-electron chi connectivity index (χ0n) is 11.3. The number of rotatable bonds is 3. The summed E-state index contributed by atoms with van der Waals surface area (Å²) in [5.74, 6) is 5.24. The van der Waals surface area contributed by atoms with Gasteiger partial charge in [-0.25, -0.2) is 0 Å². The van der Waals surface area contributed by atoms with Crippen molar-refractivity contribution >= 4 is 11.6 Å². The van der Waals surface area contributed by atoms with Gasteiger partial charge in [-0.05, 0) is 24.3 Å². The minimum Gasteiger partial charge on any atom is -0.507 e. The van der Waals surface area contributed by atoms with Gasteiger partial charge in [0.15, 0.2) is 0 Å². The van der Waals surface area contributed by atoms with Crippen LogP contribution in [-0.4, -0.2) is 22.7 Å². The van der Waals surface area contributed by atoms with Crippen LogP contribution in [-0.2, 0) is 0 Å². The van der Waals surface area contributed by atoms with Crippen LogP contribution in [0.25, 0.3) is 0 Å². The third kappa shape index (κ3) is 3.85. The van der Waals surface area contributed by atoms with Gasteiger partial charge in [0.1, 0.15) is 5.75 Å². The minimum atomic E-state index is -0.399. The number of hydrogen-bond donors (Lipinski definition) is 3. The first kappa shape index (κ1) is 14.6. The Kier molecular flexibility index (Phi) is 4.97.